The van der Waals surface area contributed by atoms with Crippen LogP contribution in [0.2, 0.25) is 0 Å². The number of nitrogens with two attached hydrogens (primary N) is 1. The molecule has 3 rings (SSSR count). The molecule has 2 atom stereocenters. The molecule has 1 aromatic rings. The van der Waals surface area contributed by atoms with Crippen LogP contribution in [-0.4, -0.2) is 13.1 Å². The zero-order valence-corrected chi connectivity index (χ0v) is 9.95. The summed E-state index contributed by atoms with van der Waals surface area (Å²) in [6.07, 6.45) is 4.33. The number of nitrogen functional groups attached to an aromatic ring is 1. The molecule has 0 aromatic heterocycles. The molecule has 2 N–H and O–H groups in total. The third-order valence-corrected chi connectivity index (χ3v) is 4.34. The van der Waals surface area contributed by atoms with Crippen molar-refractivity contribution in [3.63, 3.8) is 0 Å². The molecule has 1 aromatic carbocycles. The number of anilines is 2. The van der Waals surface area contributed by atoms with E-state index in [0.29, 0.717) is 0 Å². The van der Waals surface area contributed by atoms with Gasteiger partial charge in [0.25, 0.3) is 0 Å². The predicted octanol–water partition coefficient (Wildman–Crippen LogP) is 2.81. The van der Waals surface area contributed by atoms with Crippen LogP contribution < -0.4 is 10.6 Å². The second-order valence-corrected chi connectivity index (χ2v) is 5.40. The molecule has 86 valence electrons. The van der Waals surface area contributed by atoms with Gasteiger partial charge >= 0.3 is 0 Å². The molecule has 0 bridgehead atoms. The predicted molar refractivity (Wildman–Crippen MR) is 68.6 cm³/mol. The summed E-state index contributed by atoms with van der Waals surface area (Å²) in [5, 5.41) is 0. The van der Waals surface area contributed by atoms with Crippen LogP contribution in [0.15, 0.2) is 18.2 Å². The van der Waals surface area contributed by atoms with Crippen molar-refractivity contribution >= 4 is 11.4 Å². The SMILES string of the molecule is Cc1cc(N2CC3CCCC3C2)ccc1N. The van der Waals surface area contributed by atoms with Gasteiger partial charge in [0.05, 0.1) is 0 Å². The average molecular weight is 216 g/mol. The van der Waals surface area contributed by atoms with E-state index < -0.39 is 0 Å². The molecule has 0 radical (unpaired) electrons. The number of benzene rings is 1. The van der Waals surface area contributed by atoms with E-state index in [4.69, 9.17) is 5.73 Å². The van der Waals surface area contributed by atoms with Gasteiger partial charge in [-0.25, -0.2) is 0 Å². The van der Waals surface area contributed by atoms with Gasteiger partial charge in [-0.1, -0.05) is 6.42 Å². The lowest BCUT2D eigenvalue weighted by Crippen LogP contribution is -2.20. The van der Waals surface area contributed by atoms with Crippen molar-refractivity contribution in [1.29, 1.82) is 0 Å². The van der Waals surface area contributed by atoms with Crippen LogP contribution in [0.4, 0.5) is 11.4 Å². The average Bonchev–Trinajstić information content (AvgIpc) is 2.81. The van der Waals surface area contributed by atoms with Gasteiger partial charge in [0.2, 0.25) is 0 Å². The highest BCUT2D eigenvalue weighted by Crippen LogP contribution is 2.39. The molecular weight excluding hydrogens is 196 g/mol. The Morgan fingerprint density at radius 3 is 2.50 bits per heavy atom. The van der Waals surface area contributed by atoms with Crippen molar-refractivity contribution in [3.8, 4) is 0 Å². The van der Waals surface area contributed by atoms with E-state index in [1.54, 1.807) is 0 Å². The quantitative estimate of drug-likeness (QED) is 0.731. The second-order valence-electron chi connectivity index (χ2n) is 5.40. The fourth-order valence-electron chi connectivity index (χ4n) is 3.30. The van der Waals surface area contributed by atoms with Gasteiger partial charge in [0, 0.05) is 24.5 Å². The summed E-state index contributed by atoms with van der Waals surface area (Å²) in [5.74, 6) is 1.91. The standard InChI is InChI=1S/C14H20N2/c1-10-7-13(5-6-14(10)15)16-8-11-3-2-4-12(11)9-16/h5-7,11-12H,2-4,8-9,15H2,1H3. The number of fused-ring (bicyclic) bond motifs is 1. The van der Waals surface area contributed by atoms with Crippen molar-refractivity contribution in [2.24, 2.45) is 11.8 Å². The first-order valence-corrected chi connectivity index (χ1v) is 6.35. The first-order valence-electron chi connectivity index (χ1n) is 6.35. The lowest BCUT2D eigenvalue weighted by atomic mass is 10.0. The van der Waals surface area contributed by atoms with E-state index >= 15 is 0 Å². The minimum absolute atomic E-state index is 0.906. The zero-order chi connectivity index (χ0) is 11.1. The molecular formula is C14H20N2. The summed E-state index contributed by atoms with van der Waals surface area (Å²) in [6, 6.07) is 6.44. The molecule has 1 aliphatic heterocycles. The smallest absolute Gasteiger partial charge is 0.0370 e. The Balaban J connectivity index is 1.81. The third-order valence-electron chi connectivity index (χ3n) is 4.34. The highest BCUT2D eigenvalue weighted by molar-refractivity contribution is 5.58. The fourth-order valence-corrected chi connectivity index (χ4v) is 3.30. The monoisotopic (exact) mass is 216 g/mol. The van der Waals surface area contributed by atoms with Gasteiger partial charge in [0.1, 0.15) is 0 Å². The van der Waals surface area contributed by atoms with Crippen molar-refractivity contribution in [1.82, 2.24) is 0 Å². The molecule has 2 fully saturated rings. The molecule has 2 heteroatoms. The van der Waals surface area contributed by atoms with Crippen LogP contribution in [0.5, 0.6) is 0 Å². The van der Waals surface area contributed by atoms with E-state index in [1.807, 2.05) is 6.07 Å². The molecule has 2 unspecified atom stereocenters. The van der Waals surface area contributed by atoms with Gasteiger partial charge in [-0.3, -0.25) is 0 Å². The Morgan fingerprint density at radius 1 is 1.19 bits per heavy atom. The summed E-state index contributed by atoms with van der Waals surface area (Å²) in [5.41, 5.74) is 9.33. The fraction of sp³-hybridized carbons (Fsp3) is 0.571. The van der Waals surface area contributed by atoms with Crippen molar-refractivity contribution < 1.29 is 0 Å². The molecule has 0 amide bonds. The zero-order valence-electron chi connectivity index (χ0n) is 9.95. The largest absolute Gasteiger partial charge is 0.399 e. The number of nitrogens with zero attached hydrogens (tertiary/aromatic N) is 1. The van der Waals surface area contributed by atoms with Gasteiger partial charge in [-0.05, 0) is 55.4 Å². The topological polar surface area (TPSA) is 29.3 Å². The Morgan fingerprint density at radius 2 is 1.88 bits per heavy atom. The Hall–Kier alpha value is -1.18. The van der Waals surface area contributed by atoms with Crippen LogP contribution in [-0.2, 0) is 0 Å². The van der Waals surface area contributed by atoms with E-state index in [-0.39, 0.29) is 0 Å². The molecule has 1 saturated carbocycles. The van der Waals surface area contributed by atoms with Gasteiger partial charge in [-0.2, -0.15) is 0 Å². The maximum atomic E-state index is 5.86. The first kappa shape index (κ1) is 10.0. The van der Waals surface area contributed by atoms with Crippen LogP contribution in [0.25, 0.3) is 0 Å². The highest BCUT2D eigenvalue weighted by Gasteiger charge is 2.35. The molecule has 0 spiro atoms. The molecule has 2 nitrogen and oxygen atoms in total. The number of rotatable bonds is 1. The first-order chi connectivity index (χ1) is 7.74. The van der Waals surface area contributed by atoms with E-state index in [9.17, 15) is 0 Å². The highest BCUT2D eigenvalue weighted by atomic mass is 15.2. The number of hydrogen-bond acceptors (Lipinski definition) is 2. The van der Waals surface area contributed by atoms with Crippen LogP contribution in [0.3, 0.4) is 0 Å². The Kier molecular flexibility index (Phi) is 2.31. The summed E-state index contributed by atoms with van der Waals surface area (Å²) in [4.78, 5) is 2.54. The van der Waals surface area contributed by atoms with Gasteiger partial charge < -0.3 is 10.6 Å². The van der Waals surface area contributed by atoms with Crippen molar-refractivity contribution in [2.45, 2.75) is 26.2 Å². The lowest BCUT2D eigenvalue weighted by Gasteiger charge is -2.20. The number of aryl methyl sites for hydroxylation is 1. The van der Waals surface area contributed by atoms with E-state index in [0.717, 1.165) is 17.5 Å². The number of hydrogen-bond donors (Lipinski definition) is 1. The van der Waals surface area contributed by atoms with Crippen LogP contribution >= 0.6 is 0 Å². The third kappa shape index (κ3) is 1.57. The molecule has 2 aliphatic rings. The second kappa shape index (κ2) is 3.69. The molecule has 1 heterocycles. The summed E-state index contributed by atoms with van der Waals surface area (Å²) < 4.78 is 0. The molecule has 1 saturated heterocycles. The molecule has 1 aliphatic carbocycles. The summed E-state index contributed by atoms with van der Waals surface area (Å²) in [7, 11) is 0. The Bertz CT molecular complexity index is 388. The van der Waals surface area contributed by atoms with Crippen LogP contribution in [0, 0.1) is 18.8 Å². The summed E-state index contributed by atoms with van der Waals surface area (Å²) in [6.45, 7) is 4.61. The minimum Gasteiger partial charge on any atom is -0.399 e. The minimum atomic E-state index is 0.906. The lowest BCUT2D eigenvalue weighted by molar-refractivity contribution is 0.494. The van der Waals surface area contributed by atoms with Gasteiger partial charge in [0.15, 0.2) is 0 Å². The van der Waals surface area contributed by atoms with Crippen molar-refractivity contribution in [2.75, 3.05) is 23.7 Å². The normalized spacial score (nSPS) is 28.4. The molecule has 16 heavy (non-hydrogen) atoms. The maximum absolute atomic E-state index is 5.86. The van der Waals surface area contributed by atoms with Crippen molar-refractivity contribution in [3.05, 3.63) is 23.8 Å². The van der Waals surface area contributed by atoms with Gasteiger partial charge in [-0.15, -0.1) is 0 Å². The van der Waals surface area contributed by atoms with E-state index in [2.05, 4.69) is 24.0 Å². The van der Waals surface area contributed by atoms with Crippen LogP contribution in [0.1, 0.15) is 24.8 Å². The van der Waals surface area contributed by atoms with E-state index in [1.165, 1.54) is 43.6 Å². The summed E-state index contributed by atoms with van der Waals surface area (Å²) >= 11 is 0. The maximum Gasteiger partial charge on any atom is 0.0370 e. The Labute approximate surface area is 97.4 Å².